The number of thioether (sulfide) groups is 1. The predicted octanol–water partition coefficient (Wildman–Crippen LogP) is 4.82. The monoisotopic (exact) mass is 306 g/mol. The van der Waals surface area contributed by atoms with Crippen molar-refractivity contribution in [2.75, 3.05) is 0 Å². The van der Waals surface area contributed by atoms with Crippen LogP contribution in [0.15, 0.2) is 53.4 Å². The number of aliphatic carboxylic acids is 1. The number of rotatable bonds is 5. The average molecular weight is 307 g/mol. The van der Waals surface area contributed by atoms with Crippen molar-refractivity contribution in [3.8, 4) is 0 Å². The molecule has 0 aromatic heterocycles. The van der Waals surface area contributed by atoms with E-state index in [0.29, 0.717) is 0 Å². The second-order valence-corrected chi connectivity index (χ2v) is 6.03. The summed E-state index contributed by atoms with van der Waals surface area (Å²) in [5, 5.41) is 9.70. The minimum atomic E-state index is -0.798. The third kappa shape index (κ3) is 4.02. The Morgan fingerprint density at radius 2 is 1.75 bits per heavy atom. The van der Waals surface area contributed by atoms with Crippen LogP contribution in [0.5, 0.6) is 0 Å². The largest absolute Gasteiger partial charge is 0.481 e. The van der Waals surface area contributed by atoms with Crippen molar-refractivity contribution in [3.63, 3.8) is 0 Å². The molecule has 0 radical (unpaired) electrons. The molecule has 0 aliphatic heterocycles. The van der Waals surface area contributed by atoms with Crippen molar-refractivity contribution in [3.05, 3.63) is 64.7 Å². The fraction of sp³-hybridized carbons (Fsp3) is 0.188. The van der Waals surface area contributed by atoms with E-state index in [1.807, 2.05) is 48.5 Å². The quantitative estimate of drug-likeness (QED) is 0.805. The SMILES string of the molecule is CC(C(=O)O)c1ccc(CSc2ccc(Cl)cc2)cc1. The second-order valence-electron chi connectivity index (χ2n) is 4.54. The summed E-state index contributed by atoms with van der Waals surface area (Å²) >= 11 is 7.57. The van der Waals surface area contributed by atoms with Crippen LogP contribution in [0, 0.1) is 0 Å². The molecule has 4 heteroatoms. The molecule has 0 heterocycles. The molecule has 0 amide bonds. The highest BCUT2D eigenvalue weighted by atomic mass is 35.5. The number of carboxylic acid groups (broad SMARTS) is 1. The van der Waals surface area contributed by atoms with E-state index in [1.54, 1.807) is 18.7 Å². The van der Waals surface area contributed by atoms with Gasteiger partial charge in [-0.25, -0.2) is 0 Å². The van der Waals surface area contributed by atoms with Gasteiger partial charge in [0.1, 0.15) is 0 Å². The summed E-state index contributed by atoms with van der Waals surface area (Å²) in [6, 6.07) is 15.5. The number of halogens is 1. The summed E-state index contributed by atoms with van der Waals surface area (Å²) < 4.78 is 0. The van der Waals surface area contributed by atoms with E-state index in [-0.39, 0.29) is 0 Å². The third-order valence-electron chi connectivity index (χ3n) is 3.07. The van der Waals surface area contributed by atoms with Crippen LogP contribution in [-0.4, -0.2) is 11.1 Å². The molecule has 1 N–H and O–H groups in total. The molecule has 0 aliphatic rings. The normalized spacial score (nSPS) is 12.1. The van der Waals surface area contributed by atoms with Gasteiger partial charge in [-0.05, 0) is 42.3 Å². The summed E-state index contributed by atoms with van der Waals surface area (Å²) in [7, 11) is 0. The molecular weight excluding hydrogens is 292 g/mol. The van der Waals surface area contributed by atoms with Crippen LogP contribution >= 0.6 is 23.4 Å². The maximum Gasteiger partial charge on any atom is 0.310 e. The predicted molar refractivity (Wildman–Crippen MR) is 83.5 cm³/mol. The lowest BCUT2D eigenvalue weighted by Crippen LogP contribution is -2.07. The Morgan fingerprint density at radius 1 is 1.15 bits per heavy atom. The molecule has 0 fully saturated rings. The molecule has 2 aromatic carbocycles. The molecule has 1 unspecified atom stereocenters. The van der Waals surface area contributed by atoms with Crippen molar-refractivity contribution in [2.24, 2.45) is 0 Å². The first kappa shape index (κ1) is 14.9. The maximum atomic E-state index is 10.9. The van der Waals surface area contributed by atoms with Crippen molar-refractivity contribution in [1.29, 1.82) is 0 Å². The Balaban J connectivity index is 1.97. The Hall–Kier alpha value is -1.45. The highest BCUT2D eigenvalue weighted by molar-refractivity contribution is 7.98. The molecule has 0 bridgehead atoms. The van der Waals surface area contributed by atoms with Crippen molar-refractivity contribution < 1.29 is 9.90 Å². The zero-order chi connectivity index (χ0) is 14.5. The number of hydrogen-bond donors (Lipinski definition) is 1. The van der Waals surface area contributed by atoms with Gasteiger partial charge in [-0.3, -0.25) is 4.79 Å². The summed E-state index contributed by atoms with van der Waals surface area (Å²) in [4.78, 5) is 12.1. The van der Waals surface area contributed by atoms with E-state index in [9.17, 15) is 4.79 Å². The molecule has 2 nitrogen and oxygen atoms in total. The summed E-state index contributed by atoms with van der Waals surface area (Å²) in [5.41, 5.74) is 2.00. The highest BCUT2D eigenvalue weighted by Crippen LogP contribution is 2.25. The number of carboxylic acids is 1. The van der Waals surface area contributed by atoms with Crippen LogP contribution in [0.3, 0.4) is 0 Å². The van der Waals surface area contributed by atoms with Gasteiger partial charge in [0.2, 0.25) is 0 Å². The Kier molecular flexibility index (Phi) is 5.10. The van der Waals surface area contributed by atoms with E-state index in [1.165, 1.54) is 5.56 Å². The molecular formula is C16H15ClO2S. The first-order valence-corrected chi connectivity index (χ1v) is 7.62. The number of hydrogen-bond acceptors (Lipinski definition) is 2. The smallest absolute Gasteiger partial charge is 0.310 e. The first-order chi connectivity index (χ1) is 9.56. The van der Waals surface area contributed by atoms with Crippen molar-refractivity contribution in [1.82, 2.24) is 0 Å². The van der Waals surface area contributed by atoms with Crippen LogP contribution in [-0.2, 0) is 10.5 Å². The molecule has 0 spiro atoms. The lowest BCUT2D eigenvalue weighted by Gasteiger charge is -2.08. The zero-order valence-electron chi connectivity index (χ0n) is 11.0. The van der Waals surface area contributed by atoms with E-state index in [0.717, 1.165) is 21.2 Å². The standard InChI is InChI=1S/C16H15ClO2S/c1-11(16(18)19)13-4-2-12(3-5-13)10-20-15-8-6-14(17)7-9-15/h2-9,11H,10H2,1H3,(H,18,19). The average Bonchev–Trinajstić information content (AvgIpc) is 2.46. The summed E-state index contributed by atoms with van der Waals surface area (Å²) in [6.07, 6.45) is 0. The minimum absolute atomic E-state index is 0.465. The van der Waals surface area contributed by atoms with Crippen LogP contribution in [0.4, 0.5) is 0 Å². The van der Waals surface area contributed by atoms with Gasteiger partial charge < -0.3 is 5.11 Å². The molecule has 0 saturated heterocycles. The van der Waals surface area contributed by atoms with Gasteiger partial charge >= 0.3 is 5.97 Å². The van der Waals surface area contributed by atoms with Gasteiger partial charge in [-0.2, -0.15) is 0 Å². The van der Waals surface area contributed by atoms with Gasteiger partial charge in [0.15, 0.2) is 0 Å². The Bertz CT molecular complexity index is 578. The summed E-state index contributed by atoms with van der Waals surface area (Å²) in [6.45, 7) is 1.69. The summed E-state index contributed by atoms with van der Waals surface area (Å²) in [5.74, 6) is -0.412. The molecule has 2 aromatic rings. The van der Waals surface area contributed by atoms with Gasteiger partial charge in [0, 0.05) is 15.7 Å². The van der Waals surface area contributed by atoms with E-state index < -0.39 is 11.9 Å². The number of carbonyl (C=O) groups is 1. The van der Waals surface area contributed by atoms with Gasteiger partial charge in [0.25, 0.3) is 0 Å². The molecule has 0 saturated carbocycles. The molecule has 1 atom stereocenters. The lowest BCUT2D eigenvalue weighted by molar-refractivity contribution is -0.138. The lowest BCUT2D eigenvalue weighted by atomic mass is 10.0. The maximum absolute atomic E-state index is 10.9. The first-order valence-electron chi connectivity index (χ1n) is 6.26. The minimum Gasteiger partial charge on any atom is -0.481 e. The fourth-order valence-corrected chi connectivity index (χ4v) is 2.72. The second kappa shape index (κ2) is 6.82. The fourth-order valence-electron chi connectivity index (χ4n) is 1.74. The van der Waals surface area contributed by atoms with Crippen LogP contribution in [0.2, 0.25) is 5.02 Å². The van der Waals surface area contributed by atoms with Crippen LogP contribution in [0.25, 0.3) is 0 Å². The molecule has 0 aliphatic carbocycles. The van der Waals surface area contributed by atoms with E-state index in [2.05, 4.69) is 0 Å². The van der Waals surface area contributed by atoms with E-state index >= 15 is 0 Å². The van der Waals surface area contributed by atoms with Gasteiger partial charge in [-0.1, -0.05) is 35.9 Å². The van der Waals surface area contributed by atoms with Crippen LogP contribution in [0.1, 0.15) is 24.0 Å². The van der Waals surface area contributed by atoms with E-state index in [4.69, 9.17) is 16.7 Å². The zero-order valence-corrected chi connectivity index (χ0v) is 12.6. The molecule has 2 rings (SSSR count). The Morgan fingerprint density at radius 3 is 2.30 bits per heavy atom. The van der Waals surface area contributed by atoms with Gasteiger partial charge in [-0.15, -0.1) is 11.8 Å². The Labute approximate surface area is 127 Å². The van der Waals surface area contributed by atoms with Gasteiger partial charge in [0.05, 0.1) is 5.92 Å². The van der Waals surface area contributed by atoms with Crippen LogP contribution < -0.4 is 0 Å². The van der Waals surface area contributed by atoms with Crippen molar-refractivity contribution >= 4 is 29.3 Å². The molecule has 104 valence electrons. The third-order valence-corrected chi connectivity index (χ3v) is 4.40. The number of benzene rings is 2. The molecule has 20 heavy (non-hydrogen) atoms. The van der Waals surface area contributed by atoms with Crippen molar-refractivity contribution in [2.45, 2.75) is 23.5 Å². The highest BCUT2D eigenvalue weighted by Gasteiger charge is 2.12. The topological polar surface area (TPSA) is 37.3 Å².